The second kappa shape index (κ2) is 27.5. The monoisotopic (exact) mass is 1150 g/mol. The minimum absolute atomic E-state index is 0.0258. The Balaban J connectivity index is 1.03. The summed E-state index contributed by atoms with van der Waals surface area (Å²) in [4.78, 5) is 107. The number of nitrogens with zero attached hydrogens (tertiary/aromatic N) is 5. The standard InChI is InChI=1S/C52H64F2N12O14S/c1-28-32(15-16-79-46-33(12-13-34(53)44(46)54)30-11-14-38-56-19-31(65(38)26-30)20-61-52(76,77)78)45(63-64(28)5)47(51(2,3)4)80-27-60-40(68)23-58-48(73)35(17-29-9-7-6-8-10-29)62-41(69)24-57-39(67)22-59-49(74)36(21-55-25-43(71)72)66-42(70)18-37(81)50(66)75/h6-14,19,26,35-37,47,55,61,76-78,81H,15-18,20-25,27H2,1-5H3,(H,57,67)(H,58,73)(H,59,74)(H,60,68)(H,62,69)(H,71,72). The molecule has 3 aromatic heterocycles. The maximum atomic E-state index is 15.6. The molecule has 2 aromatic carbocycles. The van der Waals surface area contributed by atoms with Gasteiger partial charge in [0.1, 0.15) is 30.6 Å². The van der Waals surface area contributed by atoms with E-state index in [9.17, 15) is 58.1 Å². The number of aliphatic hydroxyl groups is 3. The number of carbonyl (C=O) groups is 8. The highest BCUT2D eigenvalue weighted by Crippen LogP contribution is 2.39. The molecule has 0 bridgehead atoms. The fraction of sp³-hybridized carbons (Fsp3) is 0.423. The number of imide groups is 1. The first-order valence-corrected chi connectivity index (χ1v) is 25.8. The second-order valence-electron chi connectivity index (χ2n) is 19.8. The highest BCUT2D eigenvalue weighted by atomic mass is 32.1. The number of thiol groups is 1. The molecule has 26 nitrogen and oxygen atoms in total. The van der Waals surface area contributed by atoms with Crippen molar-refractivity contribution in [1.82, 2.24) is 61.3 Å². The summed E-state index contributed by atoms with van der Waals surface area (Å²) in [7, 11) is 1.72. The van der Waals surface area contributed by atoms with Crippen LogP contribution < -0.4 is 42.0 Å². The van der Waals surface area contributed by atoms with Crippen molar-refractivity contribution in [2.45, 2.75) is 83.0 Å². The molecule has 1 saturated heterocycles. The number of rotatable bonds is 28. The molecule has 1 aliphatic heterocycles. The van der Waals surface area contributed by atoms with Gasteiger partial charge in [-0.25, -0.2) is 14.7 Å². The summed E-state index contributed by atoms with van der Waals surface area (Å²) in [6, 6.07) is 11.4. The van der Waals surface area contributed by atoms with Crippen LogP contribution in [0, 0.1) is 24.0 Å². The Morgan fingerprint density at radius 2 is 1.56 bits per heavy atom. The van der Waals surface area contributed by atoms with Gasteiger partial charge in [0.2, 0.25) is 47.2 Å². The third kappa shape index (κ3) is 17.0. The molecule has 7 amide bonds. The van der Waals surface area contributed by atoms with E-state index in [1.54, 1.807) is 64.8 Å². The van der Waals surface area contributed by atoms with Crippen LogP contribution in [-0.4, -0.2) is 161 Å². The van der Waals surface area contributed by atoms with Gasteiger partial charge in [-0.2, -0.15) is 22.1 Å². The van der Waals surface area contributed by atoms with E-state index < -0.39 is 127 Å². The van der Waals surface area contributed by atoms with Gasteiger partial charge >= 0.3 is 12.1 Å². The smallest absolute Gasteiger partial charge is 0.343 e. The lowest BCUT2D eigenvalue weighted by Gasteiger charge is -2.30. The first kappa shape index (κ1) is 62.3. The number of hydrogen-bond donors (Lipinski definition) is 12. The second-order valence-corrected chi connectivity index (χ2v) is 20.5. The van der Waals surface area contributed by atoms with Crippen molar-refractivity contribution in [3.05, 3.63) is 107 Å². The van der Waals surface area contributed by atoms with Gasteiger partial charge in [-0.05, 0) is 42.2 Å². The number of pyridine rings is 1. The maximum Gasteiger partial charge on any atom is 0.343 e. The molecule has 5 aromatic rings. The topological polar surface area (TPSA) is 359 Å². The molecule has 11 N–H and O–H groups in total. The number of aromatic nitrogens is 4. The maximum absolute atomic E-state index is 15.6. The van der Waals surface area contributed by atoms with Crippen LogP contribution in [0.25, 0.3) is 16.8 Å². The average Bonchev–Trinajstić information content (AvgIpc) is 4.03. The SMILES string of the molecule is Cc1c(CCOc2c(-c3ccc4ncc(CNC(O)(O)O)n4c3)ccc(F)c2F)c(C(OCNC(=O)CNC(=O)C(Cc2ccccc2)NC(=O)CNC(=O)CNC(=O)C(CNCC(=O)O)N2C(=O)CC(S)C2=O)C(C)(C)C)nn1C. The van der Waals surface area contributed by atoms with Gasteiger partial charge in [-0.3, -0.25) is 47.9 Å². The van der Waals surface area contributed by atoms with Crippen LogP contribution in [0.3, 0.4) is 0 Å². The minimum atomic E-state index is -3.15. The van der Waals surface area contributed by atoms with E-state index in [-0.39, 0.29) is 50.5 Å². The highest BCUT2D eigenvalue weighted by molar-refractivity contribution is 7.81. The van der Waals surface area contributed by atoms with E-state index in [1.165, 1.54) is 12.3 Å². The van der Waals surface area contributed by atoms with Crippen LogP contribution in [0.4, 0.5) is 8.78 Å². The van der Waals surface area contributed by atoms with Gasteiger partial charge in [0.25, 0.3) is 0 Å². The zero-order valence-corrected chi connectivity index (χ0v) is 45.6. The summed E-state index contributed by atoms with van der Waals surface area (Å²) in [5.41, 5.74) is 3.29. The molecular weight excluding hydrogens is 1090 g/mol. The molecule has 0 spiro atoms. The molecule has 1 aliphatic rings. The number of likely N-dealkylation sites (tertiary alicyclic amines) is 1. The summed E-state index contributed by atoms with van der Waals surface area (Å²) >= 11 is 4.05. The lowest BCUT2D eigenvalue weighted by atomic mass is 9.85. The van der Waals surface area contributed by atoms with Crippen LogP contribution in [-0.2, 0) is 69.5 Å². The lowest BCUT2D eigenvalue weighted by molar-refractivity contribution is -0.332. The fourth-order valence-electron chi connectivity index (χ4n) is 8.59. The molecule has 81 heavy (non-hydrogen) atoms. The summed E-state index contributed by atoms with van der Waals surface area (Å²) in [5.74, 6) is -9.59. The van der Waals surface area contributed by atoms with Crippen LogP contribution in [0.1, 0.15) is 61.5 Å². The van der Waals surface area contributed by atoms with Gasteiger partial charge in [0.05, 0.1) is 55.6 Å². The van der Waals surface area contributed by atoms with E-state index in [2.05, 4.69) is 54.8 Å². The van der Waals surface area contributed by atoms with Crippen molar-refractivity contribution >= 4 is 65.6 Å². The molecule has 1 fully saturated rings. The first-order chi connectivity index (χ1) is 38.2. The van der Waals surface area contributed by atoms with Crippen molar-refractivity contribution < 1.29 is 77.0 Å². The van der Waals surface area contributed by atoms with Crippen molar-refractivity contribution in [1.29, 1.82) is 0 Å². The Morgan fingerprint density at radius 3 is 2.21 bits per heavy atom. The highest BCUT2D eigenvalue weighted by Gasteiger charge is 2.43. The zero-order chi connectivity index (χ0) is 59.3. The molecular formula is C52H64F2N12O14S. The number of benzene rings is 2. The molecule has 4 atom stereocenters. The van der Waals surface area contributed by atoms with Crippen molar-refractivity contribution in [3.63, 3.8) is 0 Å². The van der Waals surface area contributed by atoms with Gasteiger partial charge in [-0.15, -0.1) is 0 Å². The Labute approximate surface area is 467 Å². The van der Waals surface area contributed by atoms with Crippen molar-refractivity contribution in [2.75, 3.05) is 46.1 Å². The largest absolute Gasteiger partial charge is 0.489 e. The van der Waals surface area contributed by atoms with Gasteiger partial charge in [-0.1, -0.05) is 51.1 Å². The molecule has 6 rings (SSSR count). The molecule has 0 radical (unpaired) electrons. The van der Waals surface area contributed by atoms with E-state index in [0.29, 0.717) is 44.3 Å². The third-order valence-electron chi connectivity index (χ3n) is 12.7. The number of aryl methyl sites for hydroxylation is 1. The Morgan fingerprint density at radius 1 is 0.877 bits per heavy atom. The minimum Gasteiger partial charge on any atom is -0.489 e. The van der Waals surface area contributed by atoms with Crippen molar-refractivity contribution in [2.24, 2.45) is 12.5 Å². The molecule has 436 valence electrons. The van der Waals surface area contributed by atoms with Crippen LogP contribution in [0.15, 0.2) is 67.0 Å². The number of carbonyl (C=O) groups excluding carboxylic acids is 7. The van der Waals surface area contributed by atoms with Crippen LogP contribution >= 0.6 is 12.6 Å². The molecule has 4 heterocycles. The number of imidazole rings is 1. The molecule has 29 heteroatoms. The van der Waals surface area contributed by atoms with Gasteiger partial charge < -0.3 is 66.2 Å². The predicted molar refractivity (Wildman–Crippen MR) is 285 cm³/mol. The van der Waals surface area contributed by atoms with E-state index in [4.69, 9.17) is 19.7 Å². The Kier molecular flexibility index (Phi) is 21.1. The molecule has 0 aliphatic carbocycles. The summed E-state index contributed by atoms with van der Waals surface area (Å²) < 4.78 is 45.9. The fourth-order valence-corrected chi connectivity index (χ4v) is 8.87. The summed E-state index contributed by atoms with van der Waals surface area (Å²) in [5, 5.41) is 57.5. The number of hydrogen-bond acceptors (Lipinski definition) is 18. The van der Waals surface area contributed by atoms with Gasteiger partial charge in [0.15, 0.2) is 11.6 Å². The first-order valence-electron chi connectivity index (χ1n) is 25.2. The predicted octanol–water partition coefficient (Wildman–Crippen LogP) is -1.03. The van der Waals surface area contributed by atoms with E-state index >= 15 is 4.39 Å². The number of nitrogens with one attached hydrogen (secondary N) is 7. The van der Waals surface area contributed by atoms with Crippen LogP contribution in [0.5, 0.6) is 5.75 Å². The number of halogens is 2. The normalized spacial score (nSPS) is 14.8. The third-order valence-corrected chi connectivity index (χ3v) is 13.1. The van der Waals surface area contributed by atoms with E-state index in [0.717, 1.165) is 6.07 Å². The van der Waals surface area contributed by atoms with Crippen LogP contribution in [0.2, 0.25) is 0 Å². The number of carboxylic acids is 1. The zero-order valence-electron chi connectivity index (χ0n) is 44.7. The average molecular weight is 1150 g/mol. The quantitative estimate of drug-likeness (QED) is 0.0162. The number of amides is 7. The Hall–Kier alpha value is -7.93. The number of aliphatic carboxylic acids is 1. The molecule has 4 unspecified atom stereocenters. The van der Waals surface area contributed by atoms with E-state index in [1.807, 2.05) is 27.7 Å². The number of carboxylic acid groups (broad SMARTS) is 1. The molecule has 0 saturated carbocycles. The number of fused-ring (bicyclic) bond motifs is 1. The van der Waals surface area contributed by atoms with Gasteiger partial charge in [0, 0.05) is 68.0 Å². The van der Waals surface area contributed by atoms with Crippen molar-refractivity contribution in [3.8, 4) is 16.9 Å². The Bertz CT molecular complexity index is 3130. The lowest BCUT2D eigenvalue weighted by Crippen LogP contribution is -2.56. The number of ether oxygens (including phenoxy) is 2. The summed E-state index contributed by atoms with van der Waals surface area (Å²) in [6.07, 6.45) is -1.09. The summed E-state index contributed by atoms with van der Waals surface area (Å²) in [6.45, 7) is 3.79.